The van der Waals surface area contributed by atoms with Crippen molar-refractivity contribution in [1.29, 1.82) is 0 Å². The molecule has 0 aromatic heterocycles. The van der Waals surface area contributed by atoms with Crippen LogP contribution in [0, 0.1) is 0 Å². The lowest BCUT2D eigenvalue weighted by molar-refractivity contribution is -0.123. The number of hydrogen-bond acceptors (Lipinski definition) is 3. The molecule has 0 radical (unpaired) electrons. The molecule has 4 heteroatoms. The van der Waals surface area contributed by atoms with E-state index in [0.29, 0.717) is 6.42 Å². The number of allylic oxidation sites excluding steroid dienone is 17. The maximum atomic E-state index is 12.5. The van der Waals surface area contributed by atoms with Crippen LogP contribution in [0.25, 0.3) is 0 Å². The van der Waals surface area contributed by atoms with Gasteiger partial charge < -0.3 is 15.5 Å². The van der Waals surface area contributed by atoms with Crippen LogP contribution in [0.5, 0.6) is 0 Å². The number of rotatable bonds is 53. The first-order valence-electron chi connectivity index (χ1n) is 29.6. The Morgan fingerprint density at radius 3 is 0.957 bits per heavy atom. The van der Waals surface area contributed by atoms with Crippen LogP contribution in [0.3, 0.4) is 0 Å². The lowest BCUT2D eigenvalue weighted by Crippen LogP contribution is -2.45. The van der Waals surface area contributed by atoms with Crippen LogP contribution in [0.4, 0.5) is 0 Å². The second kappa shape index (κ2) is 59.4. The van der Waals surface area contributed by atoms with Gasteiger partial charge in [-0.05, 0) is 83.5 Å². The number of aliphatic hydroxyl groups is 2. The molecule has 0 fully saturated rings. The molecule has 0 saturated carbocycles. The zero-order valence-corrected chi connectivity index (χ0v) is 45.5. The second-order valence-corrected chi connectivity index (χ2v) is 19.7. The molecule has 0 bridgehead atoms. The van der Waals surface area contributed by atoms with E-state index in [-0.39, 0.29) is 12.5 Å². The zero-order chi connectivity index (χ0) is 49.9. The van der Waals surface area contributed by atoms with Gasteiger partial charge in [-0.25, -0.2) is 0 Å². The minimum atomic E-state index is -0.849. The number of carbonyl (C=O) groups excluding carboxylic acids is 1. The van der Waals surface area contributed by atoms with Gasteiger partial charge in [0.2, 0.25) is 5.91 Å². The smallest absolute Gasteiger partial charge is 0.220 e. The quantitative estimate of drug-likeness (QED) is 0.0420. The SMILES string of the molecule is CC/C=C\C/C=C\C/C=C\C/C=C\C/C=C\C/C=C\C/C=C\C/C=C\CCCCCCCCCCCCC(=O)NC(CO)C(O)/C=C/CCCCCCCCCCCCCCCCCCCCCC. The molecule has 0 aliphatic carbocycles. The summed E-state index contributed by atoms with van der Waals surface area (Å²) in [5.74, 6) is -0.0706. The third-order valence-electron chi connectivity index (χ3n) is 13.0. The molecule has 1 amide bonds. The van der Waals surface area contributed by atoms with E-state index in [9.17, 15) is 15.0 Å². The first-order chi connectivity index (χ1) is 34.2. The molecule has 4 nitrogen and oxygen atoms in total. The van der Waals surface area contributed by atoms with Gasteiger partial charge in [0.05, 0.1) is 18.8 Å². The highest BCUT2D eigenvalue weighted by atomic mass is 16.3. The highest BCUT2D eigenvalue weighted by Crippen LogP contribution is 2.16. The molecular formula is C65H113NO3. The third kappa shape index (κ3) is 55.8. The van der Waals surface area contributed by atoms with E-state index < -0.39 is 12.1 Å². The van der Waals surface area contributed by atoms with Gasteiger partial charge in [0.15, 0.2) is 0 Å². The fourth-order valence-electron chi connectivity index (χ4n) is 8.55. The Morgan fingerprint density at radius 2 is 0.638 bits per heavy atom. The molecule has 0 spiro atoms. The second-order valence-electron chi connectivity index (χ2n) is 19.7. The first kappa shape index (κ1) is 66.0. The normalized spacial score (nSPS) is 13.6. The summed E-state index contributed by atoms with van der Waals surface area (Å²) in [5.41, 5.74) is 0. The molecule has 396 valence electrons. The van der Waals surface area contributed by atoms with Gasteiger partial charge >= 0.3 is 0 Å². The summed E-state index contributed by atoms with van der Waals surface area (Å²) in [4.78, 5) is 12.5. The minimum Gasteiger partial charge on any atom is -0.394 e. The van der Waals surface area contributed by atoms with Crippen molar-refractivity contribution in [3.05, 3.63) is 109 Å². The lowest BCUT2D eigenvalue weighted by Gasteiger charge is -2.20. The number of hydrogen-bond donors (Lipinski definition) is 3. The topological polar surface area (TPSA) is 69.6 Å². The summed E-state index contributed by atoms with van der Waals surface area (Å²) in [6.45, 7) is 4.21. The van der Waals surface area contributed by atoms with Crippen molar-refractivity contribution < 1.29 is 15.0 Å². The largest absolute Gasteiger partial charge is 0.394 e. The van der Waals surface area contributed by atoms with Gasteiger partial charge in [-0.15, -0.1) is 0 Å². The molecule has 2 unspecified atom stereocenters. The van der Waals surface area contributed by atoms with Crippen molar-refractivity contribution in [3.63, 3.8) is 0 Å². The number of aliphatic hydroxyl groups excluding tert-OH is 2. The van der Waals surface area contributed by atoms with E-state index >= 15 is 0 Å². The van der Waals surface area contributed by atoms with Crippen LogP contribution in [0.2, 0.25) is 0 Å². The Bertz CT molecular complexity index is 1310. The van der Waals surface area contributed by atoms with E-state index in [0.717, 1.165) is 77.0 Å². The summed E-state index contributed by atoms with van der Waals surface area (Å²) in [6.07, 6.45) is 89.6. The van der Waals surface area contributed by atoms with E-state index in [1.807, 2.05) is 6.08 Å². The molecule has 0 saturated heterocycles. The van der Waals surface area contributed by atoms with Crippen molar-refractivity contribution >= 4 is 5.91 Å². The minimum absolute atomic E-state index is 0.0706. The lowest BCUT2D eigenvalue weighted by atomic mass is 10.0. The van der Waals surface area contributed by atoms with Crippen molar-refractivity contribution in [2.45, 2.75) is 289 Å². The van der Waals surface area contributed by atoms with Gasteiger partial charge in [0.1, 0.15) is 0 Å². The molecule has 0 aromatic carbocycles. The van der Waals surface area contributed by atoms with E-state index in [1.54, 1.807) is 6.08 Å². The molecule has 2 atom stereocenters. The Kier molecular flexibility index (Phi) is 56.8. The fourth-order valence-corrected chi connectivity index (χ4v) is 8.55. The van der Waals surface area contributed by atoms with Crippen LogP contribution in [-0.2, 0) is 4.79 Å². The number of nitrogens with one attached hydrogen (secondary N) is 1. The van der Waals surface area contributed by atoms with Crippen molar-refractivity contribution in [3.8, 4) is 0 Å². The Hall–Kier alpha value is -2.95. The van der Waals surface area contributed by atoms with E-state index in [1.165, 1.54) is 180 Å². The molecule has 3 N–H and O–H groups in total. The zero-order valence-electron chi connectivity index (χ0n) is 45.5. The molecule has 0 heterocycles. The van der Waals surface area contributed by atoms with Gasteiger partial charge in [-0.1, -0.05) is 297 Å². The van der Waals surface area contributed by atoms with Crippen LogP contribution in [-0.4, -0.2) is 34.9 Å². The van der Waals surface area contributed by atoms with Crippen LogP contribution < -0.4 is 5.32 Å². The van der Waals surface area contributed by atoms with Gasteiger partial charge in [0, 0.05) is 6.42 Å². The summed E-state index contributed by atoms with van der Waals surface area (Å²) < 4.78 is 0. The van der Waals surface area contributed by atoms with Gasteiger partial charge in [-0.3, -0.25) is 4.79 Å². The van der Waals surface area contributed by atoms with Crippen LogP contribution in [0.15, 0.2) is 109 Å². The van der Waals surface area contributed by atoms with Gasteiger partial charge in [0.25, 0.3) is 0 Å². The third-order valence-corrected chi connectivity index (χ3v) is 13.0. The van der Waals surface area contributed by atoms with E-state index in [2.05, 4.69) is 116 Å². The monoisotopic (exact) mass is 956 g/mol. The fraction of sp³-hybridized carbons (Fsp3) is 0.708. The summed E-state index contributed by atoms with van der Waals surface area (Å²) in [6, 6.07) is -0.632. The summed E-state index contributed by atoms with van der Waals surface area (Å²) >= 11 is 0. The first-order valence-corrected chi connectivity index (χ1v) is 29.6. The Labute approximate surface area is 429 Å². The average Bonchev–Trinajstić information content (AvgIpc) is 3.35. The number of carbonyl (C=O) groups is 1. The maximum absolute atomic E-state index is 12.5. The van der Waals surface area contributed by atoms with Crippen LogP contribution in [0.1, 0.15) is 277 Å². The number of amides is 1. The van der Waals surface area contributed by atoms with Crippen molar-refractivity contribution in [1.82, 2.24) is 5.32 Å². The predicted octanol–water partition coefficient (Wildman–Crippen LogP) is 19.9. The maximum Gasteiger partial charge on any atom is 0.220 e. The van der Waals surface area contributed by atoms with Crippen molar-refractivity contribution in [2.75, 3.05) is 6.61 Å². The molecule has 0 aromatic rings. The van der Waals surface area contributed by atoms with Crippen LogP contribution >= 0.6 is 0 Å². The summed E-state index contributed by atoms with van der Waals surface area (Å²) in [7, 11) is 0. The predicted molar refractivity (Wildman–Crippen MR) is 308 cm³/mol. The molecule has 0 aliphatic rings. The van der Waals surface area contributed by atoms with E-state index in [4.69, 9.17) is 0 Å². The Morgan fingerprint density at radius 1 is 0.362 bits per heavy atom. The standard InChI is InChI=1S/C65H113NO3/c1-3-5-7-9-11-13-15-17-19-21-23-25-27-28-29-30-31-32-33-34-35-36-37-38-39-41-43-45-47-49-51-53-55-57-59-61-65(69)66-63(62-67)64(68)60-58-56-54-52-50-48-46-44-42-40-26-24-22-20-18-16-14-12-10-8-6-4-2/h5,7,11,13,17,19,23,25,28-29,31-32,34-35,37-38,58,60,63-64,67-68H,3-4,6,8-10,12,14-16,18,20-22,24,26-27,30,33,36,39-57,59,61-62H2,1-2H3,(H,66,69)/b7-5-,13-11-,19-17-,25-23-,29-28-,32-31-,35-34-,38-37-,60-58+. The molecule has 69 heavy (non-hydrogen) atoms. The Balaban J connectivity index is 3.58. The number of unbranched alkanes of at least 4 members (excludes halogenated alkanes) is 30. The molecule has 0 rings (SSSR count). The highest BCUT2D eigenvalue weighted by molar-refractivity contribution is 5.76. The summed E-state index contributed by atoms with van der Waals surface area (Å²) in [5, 5.41) is 23.2. The molecule has 0 aliphatic heterocycles. The molecular weight excluding hydrogens is 843 g/mol. The average molecular weight is 957 g/mol. The van der Waals surface area contributed by atoms with Crippen molar-refractivity contribution in [2.24, 2.45) is 0 Å². The van der Waals surface area contributed by atoms with Gasteiger partial charge in [-0.2, -0.15) is 0 Å². The highest BCUT2D eigenvalue weighted by Gasteiger charge is 2.18.